The average molecular weight is 260 g/mol. The Balaban J connectivity index is 1.93. The van der Waals surface area contributed by atoms with Gasteiger partial charge in [-0.3, -0.25) is 0 Å². The summed E-state index contributed by atoms with van der Waals surface area (Å²) in [4.78, 5) is 0. The van der Waals surface area contributed by atoms with Crippen LogP contribution in [0.1, 0.15) is 57.9 Å². The molecule has 0 aromatic heterocycles. The third-order valence-electron chi connectivity index (χ3n) is 4.41. The molecule has 0 heterocycles. The number of rotatable bonds is 6. The van der Waals surface area contributed by atoms with Gasteiger partial charge in [0, 0.05) is 0 Å². The molecule has 1 saturated carbocycles. The van der Waals surface area contributed by atoms with Crippen LogP contribution in [0.2, 0.25) is 0 Å². The van der Waals surface area contributed by atoms with Crippen LogP contribution in [-0.2, 0) is 6.42 Å². The molecular weight excluding hydrogens is 232 g/mol. The lowest BCUT2D eigenvalue weighted by atomic mass is 9.83. The highest BCUT2D eigenvalue weighted by atomic mass is 16.3. The first-order chi connectivity index (χ1) is 9.13. The largest absolute Gasteiger partial charge is 0.508 e. The minimum atomic E-state index is 0.375. The summed E-state index contributed by atoms with van der Waals surface area (Å²) in [6.07, 6.45) is 9.69. The molecule has 0 spiro atoms. The van der Waals surface area contributed by atoms with Gasteiger partial charge in [0.15, 0.2) is 0 Å². The van der Waals surface area contributed by atoms with Crippen molar-refractivity contribution in [1.29, 1.82) is 0 Å². The SMILES string of the molecule is CC(C)CC(Cc1ccc(O)cc1)CC1CCCC1. The minimum Gasteiger partial charge on any atom is -0.508 e. The van der Waals surface area contributed by atoms with E-state index in [0.29, 0.717) is 5.75 Å². The van der Waals surface area contributed by atoms with Crippen molar-refractivity contribution >= 4 is 0 Å². The first-order valence-electron chi connectivity index (χ1n) is 7.91. The first-order valence-corrected chi connectivity index (χ1v) is 7.91. The number of aromatic hydroxyl groups is 1. The van der Waals surface area contributed by atoms with Crippen LogP contribution in [0, 0.1) is 17.8 Å². The Morgan fingerprint density at radius 1 is 1.11 bits per heavy atom. The first kappa shape index (κ1) is 14.4. The third-order valence-corrected chi connectivity index (χ3v) is 4.41. The molecule has 1 aromatic carbocycles. The third kappa shape index (κ3) is 4.89. The van der Waals surface area contributed by atoms with Gasteiger partial charge in [0.05, 0.1) is 0 Å². The van der Waals surface area contributed by atoms with Gasteiger partial charge in [-0.2, -0.15) is 0 Å². The van der Waals surface area contributed by atoms with E-state index in [4.69, 9.17) is 0 Å². The number of benzene rings is 1. The molecular formula is C18H28O. The van der Waals surface area contributed by atoms with E-state index < -0.39 is 0 Å². The quantitative estimate of drug-likeness (QED) is 0.747. The molecule has 19 heavy (non-hydrogen) atoms. The fourth-order valence-corrected chi connectivity index (χ4v) is 3.61. The average Bonchev–Trinajstić information content (AvgIpc) is 2.84. The van der Waals surface area contributed by atoms with E-state index in [1.807, 2.05) is 12.1 Å². The number of hydrogen-bond acceptors (Lipinski definition) is 1. The van der Waals surface area contributed by atoms with E-state index in [1.165, 1.54) is 50.5 Å². The molecule has 0 saturated heterocycles. The van der Waals surface area contributed by atoms with Crippen LogP contribution in [0.4, 0.5) is 0 Å². The van der Waals surface area contributed by atoms with Gasteiger partial charge in [-0.25, -0.2) is 0 Å². The van der Waals surface area contributed by atoms with Crippen molar-refractivity contribution in [2.75, 3.05) is 0 Å². The minimum absolute atomic E-state index is 0.375. The molecule has 0 aliphatic heterocycles. The Hall–Kier alpha value is -0.980. The molecule has 1 aliphatic carbocycles. The summed E-state index contributed by atoms with van der Waals surface area (Å²) in [6, 6.07) is 7.79. The second-order valence-electron chi connectivity index (χ2n) is 6.75. The lowest BCUT2D eigenvalue weighted by Crippen LogP contribution is -2.12. The Morgan fingerprint density at radius 2 is 1.74 bits per heavy atom. The predicted molar refractivity (Wildman–Crippen MR) is 81.3 cm³/mol. The lowest BCUT2D eigenvalue weighted by Gasteiger charge is -2.22. The van der Waals surface area contributed by atoms with E-state index in [1.54, 1.807) is 0 Å². The zero-order valence-corrected chi connectivity index (χ0v) is 12.4. The summed E-state index contributed by atoms with van der Waals surface area (Å²) >= 11 is 0. The van der Waals surface area contributed by atoms with Crippen LogP contribution < -0.4 is 0 Å². The smallest absolute Gasteiger partial charge is 0.115 e. The molecule has 1 atom stereocenters. The van der Waals surface area contributed by atoms with Crippen molar-refractivity contribution in [3.63, 3.8) is 0 Å². The lowest BCUT2D eigenvalue weighted by molar-refractivity contribution is 0.321. The van der Waals surface area contributed by atoms with Gasteiger partial charge < -0.3 is 5.11 Å². The van der Waals surface area contributed by atoms with Crippen LogP contribution in [0.3, 0.4) is 0 Å². The Bertz CT molecular complexity index is 360. The highest BCUT2D eigenvalue weighted by molar-refractivity contribution is 5.26. The molecule has 0 radical (unpaired) electrons. The highest BCUT2D eigenvalue weighted by Crippen LogP contribution is 2.33. The van der Waals surface area contributed by atoms with Crippen LogP contribution in [-0.4, -0.2) is 5.11 Å². The molecule has 1 heteroatoms. The maximum Gasteiger partial charge on any atom is 0.115 e. The van der Waals surface area contributed by atoms with Gasteiger partial charge in [-0.15, -0.1) is 0 Å². The molecule has 0 bridgehead atoms. The van der Waals surface area contributed by atoms with Crippen molar-refractivity contribution in [2.24, 2.45) is 17.8 Å². The maximum absolute atomic E-state index is 9.37. The Kier molecular flexibility index (Phi) is 5.30. The number of hydrogen-bond donors (Lipinski definition) is 1. The second-order valence-corrected chi connectivity index (χ2v) is 6.75. The summed E-state index contributed by atoms with van der Waals surface area (Å²) < 4.78 is 0. The second kappa shape index (κ2) is 6.98. The zero-order chi connectivity index (χ0) is 13.7. The van der Waals surface area contributed by atoms with E-state index in [0.717, 1.165) is 17.8 Å². The molecule has 1 aliphatic rings. The van der Waals surface area contributed by atoms with Crippen molar-refractivity contribution in [3.8, 4) is 5.75 Å². The highest BCUT2D eigenvalue weighted by Gasteiger charge is 2.21. The molecule has 1 unspecified atom stereocenters. The van der Waals surface area contributed by atoms with Crippen molar-refractivity contribution in [2.45, 2.75) is 58.8 Å². The number of phenols is 1. The molecule has 1 nitrogen and oxygen atoms in total. The molecule has 2 rings (SSSR count). The van der Waals surface area contributed by atoms with Gasteiger partial charge in [0.2, 0.25) is 0 Å². The van der Waals surface area contributed by atoms with Crippen molar-refractivity contribution < 1.29 is 5.11 Å². The monoisotopic (exact) mass is 260 g/mol. The molecule has 0 amide bonds. The fraction of sp³-hybridized carbons (Fsp3) is 0.667. The number of phenolic OH excluding ortho intramolecular Hbond substituents is 1. The summed E-state index contributed by atoms with van der Waals surface area (Å²) in [6.45, 7) is 4.66. The van der Waals surface area contributed by atoms with Crippen LogP contribution in [0.5, 0.6) is 5.75 Å². The van der Waals surface area contributed by atoms with Crippen LogP contribution >= 0.6 is 0 Å². The fourth-order valence-electron chi connectivity index (χ4n) is 3.61. The van der Waals surface area contributed by atoms with E-state index in [2.05, 4.69) is 26.0 Å². The van der Waals surface area contributed by atoms with E-state index in [-0.39, 0.29) is 0 Å². The summed E-state index contributed by atoms with van der Waals surface area (Å²) in [7, 11) is 0. The van der Waals surface area contributed by atoms with Crippen molar-refractivity contribution in [3.05, 3.63) is 29.8 Å². The van der Waals surface area contributed by atoms with Crippen molar-refractivity contribution in [1.82, 2.24) is 0 Å². The van der Waals surface area contributed by atoms with Gasteiger partial charge in [0.25, 0.3) is 0 Å². The van der Waals surface area contributed by atoms with E-state index >= 15 is 0 Å². The van der Waals surface area contributed by atoms with Gasteiger partial charge in [-0.1, -0.05) is 51.7 Å². The molecule has 1 fully saturated rings. The molecule has 1 N–H and O–H groups in total. The molecule has 106 valence electrons. The van der Waals surface area contributed by atoms with Crippen LogP contribution in [0.15, 0.2) is 24.3 Å². The Labute approximate surface area is 118 Å². The summed E-state index contributed by atoms with van der Waals surface area (Å²) in [5, 5.41) is 9.37. The molecule has 1 aromatic rings. The van der Waals surface area contributed by atoms with Gasteiger partial charge in [-0.05, 0) is 54.7 Å². The predicted octanol–water partition coefficient (Wildman–Crippen LogP) is 5.18. The van der Waals surface area contributed by atoms with Crippen LogP contribution in [0.25, 0.3) is 0 Å². The Morgan fingerprint density at radius 3 is 2.32 bits per heavy atom. The maximum atomic E-state index is 9.37. The van der Waals surface area contributed by atoms with Gasteiger partial charge in [0.1, 0.15) is 5.75 Å². The standard InChI is InChI=1S/C18H28O/c1-14(2)11-17(12-15-5-3-4-6-15)13-16-7-9-18(19)10-8-16/h7-10,14-15,17,19H,3-6,11-13H2,1-2H3. The summed E-state index contributed by atoms with van der Waals surface area (Å²) in [5.41, 5.74) is 1.38. The topological polar surface area (TPSA) is 20.2 Å². The van der Waals surface area contributed by atoms with Gasteiger partial charge >= 0.3 is 0 Å². The zero-order valence-electron chi connectivity index (χ0n) is 12.4. The normalized spacial score (nSPS) is 18.1. The summed E-state index contributed by atoms with van der Waals surface area (Å²) in [5.74, 6) is 2.94. The van der Waals surface area contributed by atoms with E-state index in [9.17, 15) is 5.11 Å².